The summed E-state index contributed by atoms with van der Waals surface area (Å²) < 4.78 is 27.3. The number of sulfonamides is 1. The molecule has 0 spiro atoms. The van der Waals surface area contributed by atoms with Gasteiger partial charge in [0.05, 0.1) is 5.75 Å². The minimum atomic E-state index is -3.19. The maximum Gasteiger partial charge on any atom is 0.214 e. The standard InChI is InChI=1S/C16H24BrNO2S/c1-14(15-7-3-2-4-8-15)13-21(19,20)18(12-6-11-17)16-9-5-10-16/h2-4,7-8,14,16H,5-6,9-13H2,1H3. The molecule has 1 aliphatic rings. The Morgan fingerprint density at radius 3 is 2.48 bits per heavy atom. The Morgan fingerprint density at radius 2 is 1.95 bits per heavy atom. The lowest BCUT2D eigenvalue weighted by molar-refractivity contribution is 0.220. The van der Waals surface area contributed by atoms with Crippen LogP contribution in [0, 0.1) is 0 Å². The number of halogens is 1. The number of hydrogen-bond acceptors (Lipinski definition) is 2. The van der Waals surface area contributed by atoms with E-state index in [1.807, 2.05) is 37.3 Å². The molecule has 0 amide bonds. The maximum absolute atomic E-state index is 12.8. The van der Waals surface area contributed by atoms with Crippen molar-refractivity contribution in [3.8, 4) is 0 Å². The minimum Gasteiger partial charge on any atom is -0.212 e. The molecule has 21 heavy (non-hydrogen) atoms. The zero-order valence-electron chi connectivity index (χ0n) is 12.5. The van der Waals surface area contributed by atoms with Gasteiger partial charge in [-0.25, -0.2) is 8.42 Å². The van der Waals surface area contributed by atoms with Crippen LogP contribution in [-0.4, -0.2) is 36.4 Å². The van der Waals surface area contributed by atoms with Gasteiger partial charge in [0.25, 0.3) is 0 Å². The van der Waals surface area contributed by atoms with Gasteiger partial charge < -0.3 is 0 Å². The van der Waals surface area contributed by atoms with Crippen LogP contribution in [0.15, 0.2) is 30.3 Å². The van der Waals surface area contributed by atoms with Gasteiger partial charge in [-0.15, -0.1) is 0 Å². The van der Waals surface area contributed by atoms with Crippen molar-refractivity contribution in [3.05, 3.63) is 35.9 Å². The summed E-state index contributed by atoms with van der Waals surface area (Å²) in [6.45, 7) is 2.64. The average molecular weight is 374 g/mol. The average Bonchev–Trinajstić information content (AvgIpc) is 2.41. The van der Waals surface area contributed by atoms with Crippen LogP contribution in [0.5, 0.6) is 0 Å². The first-order chi connectivity index (χ1) is 10.0. The number of hydrogen-bond donors (Lipinski definition) is 0. The third kappa shape index (κ3) is 4.54. The highest BCUT2D eigenvalue weighted by Gasteiger charge is 2.34. The number of benzene rings is 1. The molecule has 1 aliphatic carbocycles. The molecule has 0 bridgehead atoms. The van der Waals surface area contributed by atoms with E-state index in [2.05, 4.69) is 15.9 Å². The summed E-state index contributed by atoms with van der Waals surface area (Å²) in [7, 11) is -3.19. The predicted octanol–water partition coefficient (Wildman–Crippen LogP) is 3.76. The van der Waals surface area contributed by atoms with Gasteiger partial charge in [-0.1, -0.05) is 59.6 Å². The molecule has 1 fully saturated rings. The summed E-state index contributed by atoms with van der Waals surface area (Å²) in [5.41, 5.74) is 1.09. The number of rotatable bonds is 8. The van der Waals surface area contributed by atoms with E-state index in [4.69, 9.17) is 0 Å². The maximum atomic E-state index is 12.8. The topological polar surface area (TPSA) is 37.4 Å². The van der Waals surface area contributed by atoms with Gasteiger partial charge in [0.15, 0.2) is 0 Å². The van der Waals surface area contributed by atoms with Gasteiger partial charge in [0.1, 0.15) is 0 Å². The first-order valence-corrected chi connectivity index (χ1v) is 10.4. The van der Waals surface area contributed by atoms with E-state index in [-0.39, 0.29) is 17.7 Å². The van der Waals surface area contributed by atoms with Crippen LogP contribution < -0.4 is 0 Å². The van der Waals surface area contributed by atoms with Crippen molar-refractivity contribution in [2.75, 3.05) is 17.6 Å². The van der Waals surface area contributed by atoms with Gasteiger partial charge in [-0.3, -0.25) is 0 Å². The highest BCUT2D eigenvalue weighted by Crippen LogP contribution is 2.29. The monoisotopic (exact) mass is 373 g/mol. The van der Waals surface area contributed by atoms with Crippen molar-refractivity contribution >= 4 is 26.0 Å². The third-order valence-corrected chi connectivity index (χ3v) is 6.86. The van der Waals surface area contributed by atoms with Gasteiger partial charge in [0, 0.05) is 17.9 Å². The second-order valence-electron chi connectivity index (χ2n) is 5.83. The van der Waals surface area contributed by atoms with Crippen molar-refractivity contribution in [2.24, 2.45) is 0 Å². The Kier molecular flexibility index (Phi) is 6.26. The van der Waals surface area contributed by atoms with Gasteiger partial charge in [-0.2, -0.15) is 4.31 Å². The Labute approximate surface area is 136 Å². The van der Waals surface area contributed by atoms with Gasteiger partial charge >= 0.3 is 0 Å². The van der Waals surface area contributed by atoms with E-state index < -0.39 is 10.0 Å². The second-order valence-corrected chi connectivity index (χ2v) is 8.59. The van der Waals surface area contributed by atoms with E-state index in [1.54, 1.807) is 4.31 Å². The SMILES string of the molecule is CC(CS(=O)(=O)N(CCCBr)C1CCC1)c1ccccc1. The third-order valence-electron chi connectivity index (χ3n) is 4.18. The smallest absolute Gasteiger partial charge is 0.212 e. The Morgan fingerprint density at radius 1 is 1.29 bits per heavy atom. The summed E-state index contributed by atoms with van der Waals surface area (Å²) in [6.07, 6.45) is 4.05. The fourth-order valence-electron chi connectivity index (χ4n) is 2.73. The predicted molar refractivity (Wildman–Crippen MR) is 91.4 cm³/mol. The lowest BCUT2D eigenvalue weighted by Gasteiger charge is -2.37. The van der Waals surface area contributed by atoms with Crippen LogP contribution in [0.3, 0.4) is 0 Å². The zero-order valence-corrected chi connectivity index (χ0v) is 14.9. The lowest BCUT2D eigenvalue weighted by Crippen LogP contribution is -2.46. The van der Waals surface area contributed by atoms with Gasteiger partial charge in [0.2, 0.25) is 10.0 Å². The molecule has 118 valence electrons. The molecule has 1 aromatic carbocycles. The number of alkyl halides is 1. The Hall–Kier alpha value is -0.390. The quantitative estimate of drug-likeness (QED) is 0.650. The molecular formula is C16H24BrNO2S. The molecule has 1 saturated carbocycles. The minimum absolute atomic E-state index is 0.0303. The number of nitrogens with zero attached hydrogens (tertiary/aromatic N) is 1. The fourth-order valence-corrected chi connectivity index (χ4v) is 5.07. The first-order valence-electron chi connectivity index (χ1n) is 7.65. The van der Waals surface area contributed by atoms with E-state index in [1.165, 1.54) is 0 Å². The van der Waals surface area contributed by atoms with Crippen molar-refractivity contribution in [1.82, 2.24) is 4.31 Å². The summed E-state index contributed by atoms with van der Waals surface area (Å²) in [5.74, 6) is 0.234. The van der Waals surface area contributed by atoms with Crippen molar-refractivity contribution < 1.29 is 8.42 Å². The molecule has 0 N–H and O–H groups in total. The molecule has 3 nitrogen and oxygen atoms in total. The molecule has 1 unspecified atom stereocenters. The zero-order chi connectivity index (χ0) is 15.3. The highest BCUT2D eigenvalue weighted by atomic mass is 79.9. The van der Waals surface area contributed by atoms with Crippen LogP contribution in [0.4, 0.5) is 0 Å². The normalized spacial score (nSPS) is 17.7. The van der Waals surface area contributed by atoms with Crippen molar-refractivity contribution in [3.63, 3.8) is 0 Å². The van der Waals surface area contributed by atoms with Crippen LogP contribution in [0.1, 0.15) is 44.1 Å². The highest BCUT2D eigenvalue weighted by molar-refractivity contribution is 9.09. The molecule has 0 aliphatic heterocycles. The summed E-state index contributed by atoms with van der Waals surface area (Å²) in [4.78, 5) is 0. The molecule has 0 aromatic heterocycles. The molecular weight excluding hydrogens is 350 g/mol. The molecule has 0 radical (unpaired) electrons. The fraction of sp³-hybridized carbons (Fsp3) is 0.625. The van der Waals surface area contributed by atoms with Crippen LogP contribution in [0.2, 0.25) is 0 Å². The van der Waals surface area contributed by atoms with Crippen LogP contribution >= 0.6 is 15.9 Å². The van der Waals surface area contributed by atoms with Gasteiger partial charge in [-0.05, 0) is 30.7 Å². The van der Waals surface area contributed by atoms with E-state index >= 15 is 0 Å². The molecule has 0 saturated heterocycles. The molecule has 0 heterocycles. The molecule has 1 atom stereocenters. The summed E-state index contributed by atoms with van der Waals surface area (Å²) >= 11 is 3.40. The van der Waals surface area contributed by atoms with Crippen molar-refractivity contribution in [1.29, 1.82) is 0 Å². The van der Waals surface area contributed by atoms with E-state index in [0.29, 0.717) is 6.54 Å². The van der Waals surface area contributed by atoms with Crippen LogP contribution in [0.25, 0.3) is 0 Å². The second kappa shape index (κ2) is 7.75. The van der Waals surface area contributed by atoms with E-state index in [0.717, 1.165) is 36.6 Å². The molecule has 1 aromatic rings. The Bertz CT molecular complexity index is 528. The lowest BCUT2D eigenvalue weighted by atomic mass is 9.93. The Balaban J connectivity index is 2.07. The largest absolute Gasteiger partial charge is 0.214 e. The first kappa shape index (κ1) is 17.0. The molecule has 5 heteroatoms. The van der Waals surface area contributed by atoms with Crippen molar-refractivity contribution in [2.45, 2.75) is 44.6 Å². The van der Waals surface area contributed by atoms with E-state index in [9.17, 15) is 8.42 Å². The van der Waals surface area contributed by atoms with Crippen LogP contribution in [-0.2, 0) is 10.0 Å². The summed E-state index contributed by atoms with van der Waals surface area (Å²) in [6, 6.07) is 10.1. The molecule has 2 rings (SSSR count). The summed E-state index contributed by atoms with van der Waals surface area (Å²) in [5, 5.41) is 0.847.